The Balaban J connectivity index is 1.35. The molecular formula is C37H28FN3O9. The van der Waals surface area contributed by atoms with E-state index in [0.29, 0.717) is 4.57 Å². The Labute approximate surface area is 284 Å². The fourth-order valence-corrected chi connectivity index (χ4v) is 5.17. The third-order valence-electron chi connectivity index (χ3n) is 7.63. The average Bonchev–Trinajstić information content (AvgIpc) is 3.48. The number of carbonyl (C=O) groups excluding carboxylic acids is 4. The van der Waals surface area contributed by atoms with Gasteiger partial charge in [-0.15, -0.1) is 0 Å². The molecule has 1 aliphatic rings. The van der Waals surface area contributed by atoms with Gasteiger partial charge < -0.3 is 24.3 Å². The van der Waals surface area contributed by atoms with Gasteiger partial charge in [0, 0.05) is 5.56 Å². The van der Waals surface area contributed by atoms with Gasteiger partial charge >= 0.3 is 23.6 Å². The summed E-state index contributed by atoms with van der Waals surface area (Å²) in [6.45, 7) is -0.522. The zero-order chi connectivity index (χ0) is 35.0. The molecule has 0 aliphatic carbocycles. The van der Waals surface area contributed by atoms with Crippen molar-refractivity contribution in [3.8, 4) is 0 Å². The van der Waals surface area contributed by atoms with Gasteiger partial charge in [-0.25, -0.2) is 23.6 Å². The van der Waals surface area contributed by atoms with E-state index in [1.54, 1.807) is 72.8 Å². The zero-order valence-corrected chi connectivity index (χ0v) is 26.1. The predicted molar refractivity (Wildman–Crippen MR) is 175 cm³/mol. The van der Waals surface area contributed by atoms with Crippen molar-refractivity contribution in [1.29, 1.82) is 0 Å². The van der Waals surface area contributed by atoms with Crippen molar-refractivity contribution in [3.63, 3.8) is 0 Å². The molecule has 1 aliphatic heterocycles. The molecule has 252 valence electrons. The Morgan fingerprint density at radius 2 is 1.14 bits per heavy atom. The molecule has 4 aromatic carbocycles. The number of halogens is 1. The molecule has 50 heavy (non-hydrogen) atoms. The number of nitrogens with one attached hydrogen (secondary N) is 1. The Morgan fingerprint density at radius 1 is 0.680 bits per heavy atom. The van der Waals surface area contributed by atoms with Crippen molar-refractivity contribution in [2.24, 2.45) is 0 Å². The van der Waals surface area contributed by atoms with Crippen LogP contribution in [0, 0.1) is 5.82 Å². The van der Waals surface area contributed by atoms with Crippen LogP contribution in [0.3, 0.4) is 0 Å². The minimum absolute atomic E-state index is 0.119. The van der Waals surface area contributed by atoms with Crippen LogP contribution in [-0.2, 0) is 18.9 Å². The van der Waals surface area contributed by atoms with E-state index in [1.165, 1.54) is 48.5 Å². The van der Waals surface area contributed by atoms with E-state index in [4.69, 9.17) is 18.9 Å². The lowest BCUT2D eigenvalue weighted by Crippen LogP contribution is -2.42. The van der Waals surface area contributed by atoms with Crippen molar-refractivity contribution in [2.75, 3.05) is 11.9 Å². The van der Waals surface area contributed by atoms with E-state index >= 15 is 4.39 Å². The second-order valence-electron chi connectivity index (χ2n) is 10.9. The van der Waals surface area contributed by atoms with Crippen LogP contribution in [-0.4, -0.2) is 58.3 Å². The topological polar surface area (TPSA) is 152 Å². The fraction of sp³-hybridized carbons (Fsp3) is 0.135. The largest absolute Gasteiger partial charge is 0.459 e. The number of anilines is 1. The molecule has 0 saturated carbocycles. The van der Waals surface area contributed by atoms with Crippen LogP contribution < -0.4 is 11.0 Å². The quantitative estimate of drug-likeness (QED) is 0.161. The number of hydrogen-bond donors (Lipinski definition) is 1. The van der Waals surface area contributed by atoms with Gasteiger partial charge in [0.15, 0.2) is 30.1 Å². The van der Waals surface area contributed by atoms with Crippen LogP contribution in [0.25, 0.3) is 0 Å². The Bertz CT molecular complexity index is 2050. The molecule has 5 aromatic rings. The number of carbonyl (C=O) groups is 4. The monoisotopic (exact) mass is 677 g/mol. The molecule has 4 atom stereocenters. The average molecular weight is 678 g/mol. The number of hydrogen-bond acceptors (Lipinski definition) is 10. The van der Waals surface area contributed by atoms with Crippen LogP contribution in [0.2, 0.25) is 0 Å². The highest BCUT2D eigenvalue weighted by Crippen LogP contribution is 2.35. The second-order valence-corrected chi connectivity index (χ2v) is 10.9. The Hall–Kier alpha value is -6.47. The molecule has 1 N–H and O–H groups in total. The highest BCUT2D eigenvalue weighted by molar-refractivity contribution is 6.03. The van der Waals surface area contributed by atoms with E-state index < -0.39 is 72.3 Å². The first-order valence-corrected chi connectivity index (χ1v) is 15.3. The first-order valence-electron chi connectivity index (χ1n) is 15.3. The van der Waals surface area contributed by atoms with Crippen LogP contribution in [0.5, 0.6) is 0 Å². The summed E-state index contributed by atoms with van der Waals surface area (Å²) in [6.07, 6.45) is -5.29. The van der Waals surface area contributed by atoms with E-state index in [0.717, 1.165) is 6.20 Å². The maximum Gasteiger partial charge on any atom is 0.351 e. The molecule has 6 rings (SSSR count). The predicted octanol–water partition coefficient (Wildman–Crippen LogP) is 4.84. The lowest BCUT2D eigenvalue weighted by atomic mass is 10.1. The summed E-state index contributed by atoms with van der Waals surface area (Å²) in [6, 6.07) is 31.7. The SMILES string of the molecule is O=C(Nc1nc(=O)n([C@@H]2O[C@H](COC(=O)c3ccccc3)[C@@H](OC(=O)c3ccccc3)[C@@H]2OC(=O)c2ccccc2)cc1F)c1ccccc1. The zero-order valence-electron chi connectivity index (χ0n) is 26.1. The summed E-state index contributed by atoms with van der Waals surface area (Å²) >= 11 is 0. The van der Waals surface area contributed by atoms with Crippen molar-refractivity contribution in [3.05, 3.63) is 166 Å². The molecule has 1 fully saturated rings. The molecule has 0 spiro atoms. The van der Waals surface area contributed by atoms with Crippen molar-refractivity contribution in [1.82, 2.24) is 9.55 Å². The second kappa shape index (κ2) is 15.2. The van der Waals surface area contributed by atoms with Gasteiger partial charge in [0.2, 0.25) is 0 Å². The van der Waals surface area contributed by atoms with Crippen molar-refractivity contribution >= 4 is 29.6 Å². The van der Waals surface area contributed by atoms with Gasteiger partial charge in [-0.2, -0.15) is 4.98 Å². The molecule has 2 heterocycles. The van der Waals surface area contributed by atoms with E-state index in [-0.39, 0.29) is 22.3 Å². The fourth-order valence-electron chi connectivity index (χ4n) is 5.17. The number of amides is 1. The number of ether oxygens (including phenoxy) is 4. The molecule has 1 amide bonds. The summed E-state index contributed by atoms with van der Waals surface area (Å²) in [5.41, 5.74) is -0.416. The summed E-state index contributed by atoms with van der Waals surface area (Å²) < 4.78 is 39.5. The van der Waals surface area contributed by atoms with Gasteiger partial charge in [-0.3, -0.25) is 9.36 Å². The van der Waals surface area contributed by atoms with Crippen LogP contribution >= 0.6 is 0 Å². The minimum atomic E-state index is -1.63. The number of nitrogens with zero attached hydrogens (tertiary/aromatic N) is 2. The summed E-state index contributed by atoms with van der Waals surface area (Å²) in [4.78, 5) is 69.4. The molecule has 12 nitrogen and oxygen atoms in total. The van der Waals surface area contributed by atoms with E-state index in [2.05, 4.69) is 10.3 Å². The maximum absolute atomic E-state index is 15.5. The van der Waals surface area contributed by atoms with Crippen LogP contribution in [0.1, 0.15) is 47.7 Å². The first kappa shape index (κ1) is 33.4. The smallest absolute Gasteiger partial charge is 0.351 e. The molecule has 1 aromatic heterocycles. The third kappa shape index (κ3) is 7.63. The van der Waals surface area contributed by atoms with Gasteiger partial charge in [0.05, 0.1) is 22.9 Å². The lowest BCUT2D eigenvalue weighted by molar-refractivity contribution is -0.0642. The first-order chi connectivity index (χ1) is 24.3. The van der Waals surface area contributed by atoms with Gasteiger partial charge in [0.25, 0.3) is 5.91 Å². The third-order valence-corrected chi connectivity index (χ3v) is 7.63. The highest BCUT2D eigenvalue weighted by atomic mass is 19.1. The summed E-state index contributed by atoms with van der Waals surface area (Å²) in [5, 5.41) is 2.27. The molecular weight excluding hydrogens is 649 g/mol. The molecule has 1 saturated heterocycles. The number of benzene rings is 4. The standard InChI is InChI=1S/C37H28FN3O9/c38-27-21-41(37(46)40-31(27)39-32(42)23-13-5-1-6-14-23)33-30(50-36(45)26-19-11-4-12-20-26)29(49-35(44)25-17-9-3-10-18-25)28(48-33)22-47-34(43)24-15-7-2-8-16-24/h1-21,28-30,33H,22H2,(H,39,40,42,46)/t28-,29-,30+,33-/m1/s1. The van der Waals surface area contributed by atoms with Gasteiger partial charge in [-0.1, -0.05) is 72.8 Å². The van der Waals surface area contributed by atoms with Gasteiger partial charge in [0.1, 0.15) is 12.7 Å². The maximum atomic E-state index is 15.5. The molecule has 0 unspecified atom stereocenters. The number of esters is 3. The normalized spacial score (nSPS) is 18.1. The van der Waals surface area contributed by atoms with Gasteiger partial charge in [-0.05, 0) is 48.5 Å². The number of rotatable bonds is 10. The molecule has 0 bridgehead atoms. The molecule has 13 heteroatoms. The lowest BCUT2D eigenvalue weighted by Gasteiger charge is -2.25. The molecule has 0 radical (unpaired) electrons. The minimum Gasteiger partial charge on any atom is -0.459 e. The van der Waals surface area contributed by atoms with Crippen LogP contribution in [0.15, 0.2) is 132 Å². The number of aromatic nitrogens is 2. The Morgan fingerprint density at radius 3 is 1.66 bits per heavy atom. The van der Waals surface area contributed by atoms with Crippen LogP contribution in [0.4, 0.5) is 10.2 Å². The van der Waals surface area contributed by atoms with Crippen molar-refractivity contribution in [2.45, 2.75) is 24.5 Å². The van der Waals surface area contributed by atoms with E-state index in [9.17, 15) is 24.0 Å². The summed E-state index contributed by atoms with van der Waals surface area (Å²) in [5.74, 6) is -4.93. The van der Waals surface area contributed by atoms with E-state index in [1.807, 2.05) is 0 Å². The van der Waals surface area contributed by atoms with Crippen molar-refractivity contribution < 1.29 is 42.5 Å². The summed E-state index contributed by atoms with van der Waals surface area (Å²) in [7, 11) is 0. The highest BCUT2D eigenvalue weighted by Gasteiger charge is 2.52. The Kier molecular flexibility index (Phi) is 10.1.